The number of aromatic nitrogens is 1. The van der Waals surface area contributed by atoms with Crippen molar-refractivity contribution in [2.45, 2.75) is 11.5 Å². The number of para-hydroxylation sites is 1. The molecule has 0 saturated heterocycles. The Balaban J connectivity index is 1.44. The summed E-state index contributed by atoms with van der Waals surface area (Å²) in [6.45, 7) is -0.0168. The molecular formula is C23H17ClN2O4S2. The molecule has 4 rings (SSSR count). The van der Waals surface area contributed by atoms with Crippen molar-refractivity contribution >= 4 is 44.6 Å². The van der Waals surface area contributed by atoms with E-state index in [1.807, 2.05) is 35.7 Å². The average Bonchev–Trinajstić information content (AvgIpc) is 3.29. The minimum absolute atomic E-state index is 0.0168. The summed E-state index contributed by atoms with van der Waals surface area (Å²) in [5, 5.41) is 2.92. The van der Waals surface area contributed by atoms with E-state index in [0.717, 1.165) is 10.6 Å². The van der Waals surface area contributed by atoms with Crippen LogP contribution < -0.4 is 4.72 Å². The van der Waals surface area contributed by atoms with E-state index in [0.29, 0.717) is 5.69 Å². The predicted octanol–water partition coefficient (Wildman–Crippen LogP) is 5.62. The molecule has 0 bridgehead atoms. The molecule has 4 aromatic rings. The van der Waals surface area contributed by atoms with Crippen LogP contribution in [-0.2, 0) is 21.4 Å². The van der Waals surface area contributed by atoms with Gasteiger partial charge in [-0.25, -0.2) is 18.2 Å². The Labute approximate surface area is 194 Å². The first-order chi connectivity index (χ1) is 15.4. The number of ether oxygens (including phenoxy) is 1. The Bertz CT molecular complexity index is 1360. The van der Waals surface area contributed by atoms with Crippen LogP contribution in [0, 0.1) is 0 Å². The maximum Gasteiger partial charge on any atom is 0.338 e. The van der Waals surface area contributed by atoms with E-state index in [2.05, 4.69) is 9.71 Å². The highest BCUT2D eigenvalue weighted by molar-refractivity contribution is 7.92. The van der Waals surface area contributed by atoms with E-state index in [-0.39, 0.29) is 27.8 Å². The summed E-state index contributed by atoms with van der Waals surface area (Å²) >= 11 is 7.49. The zero-order valence-corrected chi connectivity index (χ0v) is 19.0. The van der Waals surface area contributed by atoms with E-state index in [1.165, 1.54) is 35.6 Å². The number of nitrogens with zero attached hydrogens (tertiary/aromatic N) is 1. The van der Waals surface area contributed by atoms with Crippen molar-refractivity contribution in [3.63, 3.8) is 0 Å². The fourth-order valence-corrected chi connectivity index (χ4v) is 5.02. The molecule has 0 aliphatic heterocycles. The highest BCUT2D eigenvalue weighted by Gasteiger charge is 2.18. The third-order valence-corrected chi connectivity index (χ3v) is 7.05. The van der Waals surface area contributed by atoms with Crippen LogP contribution in [0.1, 0.15) is 16.1 Å². The van der Waals surface area contributed by atoms with Gasteiger partial charge in [-0.1, -0.05) is 60.1 Å². The number of carbonyl (C=O) groups excluding carboxylic acids is 1. The van der Waals surface area contributed by atoms with E-state index in [4.69, 9.17) is 16.3 Å². The van der Waals surface area contributed by atoms with Gasteiger partial charge in [-0.05, 0) is 30.3 Å². The standard InChI is InChI=1S/C23H17ClN2O4S2/c24-20-11-4-5-12-21(20)26-32(28,29)19-10-6-9-17(13-19)23(27)30-14-18-15-31-22(25-18)16-7-2-1-3-8-16/h1-13,15,26H,14H2. The minimum atomic E-state index is -3.94. The Kier molecular flexibility index (Phi) is 6.55. The quantitative estimate of drug-likeness (QED) is 0.344. The van der Waals surface area contributed by atoms with E-state index < -0.39 is 16.0 Å². The Morgan fingerprint density at radius 3 is 2.53 bits per heavy atom. The summed E-state index contributed by atoms with van der Waals surface area (Å²) in [4.78, 5) is 16.9. The van der Waals surface area contributed by atoms with Crippen LogP contribution >= 0.6 is 22.9 Å². The molecule has 0 atom stereocenters. The molecule has 0 fully saturated rings. The van der Waals surface area contributed by atoms with Crippen molar-refractivity contribution in [3.05, 3.63) is 101 Å². The number of anilines is 1. The molecule has 1 N–H and O–H groups in total. The molecule has 32 heavy (non-hydrogen) atoms. The number of benzene rings is 3. The van der Waals surface area contributed by atoms with Crippen molar-refractivity contribution < 1.29 is 17.9 Å². The second-order valence-electron chi connectivity index (χ2n) is 6.70. The number of hydrogen-bond acceptors (Lipinski definition) is 6. The summed E-state index contributed by atoms with van der Waals surface area (Å²) in [7, 11) is -3.94. The van der Waals surface area contributed by atoms with Crippen LogP contribution in [0.15, 0.2) is 89.1 Å². The first-order valence-electron chi connectivity index (χ1n) is 9.47. The van der Waals surface area contributed by atoms with Gasteiger partial charge in [-0.15, -0.1) is 11.3 Å². The number of halogens is 1. The summed E-state index contributed by atoms with van der Waals surface area (Å²) < 4.78 is 33.2. The van der Waals surface area contributed by atoms with Crippen molar-refractivity contribution in [1.82, 2.24) is 4.98 Å². The van der Waals surface area contributed by atoms with Crippen LogP contribution in [-0.4, -0.2) is 19.4 Å². The largest absolute Gasteiger partial charge is 0.456 e. The molecule has 0 aliphatic carbocycles. The Morgan fingerprint density at radius 2 is 1.75 bits per heavy atom. The number of hydrogen-bond donors (Lipinski definition) is 1. The molecule has 0 saturated carbocycles. The summed E-state index contributed by atoms with van der Waals surface area (Å²) in [6.07, 6.45) is 0. The molecule has 162 valence electrons. The molecule has 3 aromatic carbocycles. The summed E-state index contributed by atoms with van der Waals surface area (Å²) in [5.41, 5.74) is 1.97. The highest BCUT2D eigenvalue weighted by Crippen LogP contribution is 2.25. The van der Waals surface area contributed by atoms with E-state index in [9.17, 15) is 13.2 Å². The fraction of sp³-hybridized carbons (Fsp3) is 0.0435. The van der Waals surface area contributed by atoms with E-state index >= 15 is 0 Å². The Hall–Kier alpha value is -3.20. The predicted molar refractivity (Wildman–Crippen MR) is 125 cm³/mol. The van der Waals surface area contributed by atoms with Gasteiger partial charge >= 0.3 is 5.97 Å². The van der Waals surface area contributed by atoms with Crippen LogP contribution in [0.3, 0.4) is 0 Å². The normalized spacial score (nSPS) is 11.2. The number of sulfonamides is 1. The molecule has 9 heteroatoms. The summed E-state index contributed by atoms with van der Waals surface area (Å²) in [6, 6.07) is 21.8. The fourth-order valence-electron chi connectivity index (χ4n) is 2.85. The lowest BCUT2D eigenvalue weighted by Crippen LogP contribution is -2.14. The minimum Gasteiger partial charge on any atom is -0.456 e. The smallest absolute Gasteiger partial charge is 0.338 e. The van der Waals surface area contributed by atoms with E-state index in [1.54, 1.807) is 24.3 Å². The molecule has 0 radical (unpaired) electrons. The van der Waals surface area contributed by atoms with Crippen LogP contribution in [0.4, 0.5) is 5.69 Å². The maximum absolute atomic E-state index is 12.7. The third-order valence-electron chi connectivity index (χ3n) is 4.42. The average molecular weight is 485 g/mol. The second kappa shape index (κ2) is 9.52. The van der Waals surface area contributed by atoms with Gasteiger partial charge in [0.25, 0.3) is 10.0 Å². The van der Waals surface area contributed by atoms with Gasteiger partial charge < -0.3 is 4.74 Å². The van der Waals surface area contributed by atoms with Crippen molar-refractivity contribution in [2.24, 2.45) is 0 Å². The zero-order valence-electron chi connectivity index (χ0n) is 16.6. The number of esters is 1. The van der Waals surface area contributed by atoms with Gasteiger partial charge in [-0.3, -0.25) is 4.72 Å². The summed E-state index contributed by atoms with van der Waals surface area (Å²) in [5.74, 6) is -0.644. The number of rotatable bonds is 7. The first kappa shape index (κ1) is 22.0. The third kappa shape index (κ3) is 5.16. The molecule has 0 spiro atoms. The van der Waals surface area contributed by atoms with Gasteiger partial charge in [-0.2, -0.15) is 0 Å². The van der Waals surface area contributed by atoms with Crippen molar-refractivity contribution in [1.29, 1.82) is 0 Å². The number of carbonyl (C=O) groups is 1. The van der Waals surface area contributed by atoms with Gasteiger partial charge in [0.2, 0.25) is 0 Å². The lowest BCUT2D eigenvalue weighted by atomic mass is 10.2. The van der Waals surface area contributed by atoms with Gasteiger partial charge in [0.15, 0.2) is 0 Å². The zero-order chi connectivity index (χ0) is 22.6. The molecule has 1 aromatic heterocycles. The maximum atomic E-state index is 12.7. The molecule has 6 nitrogen and oxygen atoms in total. The molecule has 0 amide bonds. The monoisotopic (exact) mass is 484 g/mol. The second-order valence-corrected chi connectivity index (χ2v) is 9.65. The van der Waals surface area contributed by atoms with Crippen LogP contribution in [0.25, 0.3) is 10.6 Å². The van der Waals surface area contributed by atoms with Gasteiger partial charge in [0.1, 0.15) is 11.6 Å². The number of nitrogens with one attached hydrogen (secondary N) is 1. The van der Waals surface area contributed by atoms with Crippen molar-refractivity contribution in [2.75, 3.05) is 4.72 Å². The molecule has 0 unspecified atom stereocenters. The van der Waals surface area contributed by atoms with Crippen molar-refractivity contribution in [3.8, 4) is 10.6 Å². The molecule has 0 aliphatic rings. The SMILES string of the molecule is O=C(OCc1csc(-c2ccccc2)n1)c1cccc(S(=O)(=O)Nc2ccccc2Cl)c1. The first-order valence-corrected chi connectivity index (χ1v) is 12.2. The van der Waals surface area contributed by atoms with Crippen LogP contribution in [0.5, 0.6) is 0 Å². The topological polar surface area (TPSA) is 85.4 Å². The van der Waals surface area contributed by atoms with Gasteiger partial charge in [0, 0.05) is 10.9 Å². The van der Waals surface area contributed by atoms with Crippen LogP contribution in [0.2, 0.25) is 5.02 Å². The Morgan fingerprint density at radius 1 is 1.00 bits per heavy atom. The highest BCUT2D eigenvalue weighted by atomic mass is 35.5. The molecular weight excluding hydrogens is 468 g/mol. The lowest BCUT2D eigenvalue weighted by molar-refractivity contribution is 0.0468. The van der Waals surface area contributed by atoms with Gasteiger partial charge in [0.05, 0.1) is 26.9 Å². The number of thiazole rings is 1. The molecule has 1 heterocycles. The lowest BCUT2D eigenvalue weighted by Gasteiger charge is -2.10.